The van der Waals surface area contributed by atoms with Gasteiger partial charge in [-0.2, -0.15) is 0 Å². The maximum atomic E-state index is 14.9. The number of benzene rings is 2. The van der Waals surface area contributed by atoms with Crippen LogP contribution in [0.25, 0.3) is 0 Å². The van der Waals surface area contributed by atoms with E-state index in [9.17, 15) is 13.6 Å². The molecule has 2 aliphatic rings. The third-order valence-corrected chi connectivity index (χ3v) is 4.71. The summed E-state index contributed by atoms with van der Waals surface area (Å²) in [6, 6.07) is 14.9. The van der Waals surface area contributed by atoms with Gasteiger partial charge in [0.25, 0.3) is 11.8 Å². The molecule has 22 heavy (non-hydrogen) atoms. The molecular formula is C18H15F2NO. The quantitative estimate of drug-likeness (QED) is 0.828. The molecular weight excluding hydrogens is 284 g/mol. The van der Waals surface area contributed by atoms with Crippen molar-refractivity contribution in [3.63, 3.8) is 0 Å². The lowest BCUT2D eigenvalue weighted by molar-refractivity contribution is -0.0599. The lowest BCUT2D eigenvalue weighted by Crippen LogP contribution is -2.31. The molecule has 4 rings (SSSR count). The van der Waals surface area contributed by atoms with Crippen molar-refractivity contribution < 1.29 is 13.6 Å². The summed E-state index contributed by atoms with van der Waals surface area (Å²) in [5.74, 6) is -4.01. The highest BCUT2D eigenvalue weighted by Crippen LogP contribution is 2.53. The third-order valence-electron chi connectivity index (χ3n) is 4.71. The van der Waals surface area contributed by atoms with Gasteiger partial charge in [-0.3, -0.25) is 4.79 Å². The maximum absolute atomic E-state index is 14.9. The van der Waals surface area contributed by atoms with E-state index >= 15 is 0 Å². The Morgan fingerprint density at radius 1 is 1.05 bits per heavy atom. The molecule has 0 aromatic heterocycles. The lowest BCUT2D eigenvalue weighted by atomic mass is 9.89. The first-order chi connectivity index (χ1) is 10.6. The summed E-state index contributed by atoms with van der Waals surface area (Å²) in [4.78, 5) is 13.7. The van der Waals surface area contributed by atoms with Gasteiger partial charge in [0.1, 0.15) is 6.04 Å². The molecule has 0 aliphatic carbocycles. The van der Waals surface area contributed by atoms with Crippen molar-refractivity contribution in [2.45, 2.75) is 18.4 Å². The Balaban J connectivity index is 1.69. The molecule has 112 valence electrons. The molecule has 0 radical (unpaired) electrons. The van der Waals surface area contributed by atoms with Crippen LogP contribution in [0.15, 0.2) is 54.6 Å². The van der Waals surface area contributed by atoms with Gasteiger partial charge in [-0.1, -0.05) is 48.5 Å². The molecule has 2 aromatic carbocycles. The van der Waals surface area contributed by atoms with Crippen molar-refractivity contribution in [2.24, 2.45) is 5.92 Å². The van der Waals surface area contributed by atoms with Crippen LogP contribution in [0.3, 0.4) is 0 Å². The molecule has 4 heteroatoms. The Morgan fingerprint density at radius 2 is 1.73 bits per heavy atom. The minimum atomic E-state index is -2.90. The largest absolute Gasteiger partial charge is 0.325 e. The van der Waals surface area contributed by atoms with Crippen molar-refractivity contribution >= 4 is 5.91 Å². The van der Waals surface area contributed by atoms with E-state index in [1.54, 1.807) is 24.3 Å². The van der Waals surface area contributed by atoms with Gasteiger partial charge < -0.3 is 4.90 Å². The van der Waals surface area contributed by atoms with Gasteiger partial charge in [0.15, 0.2) is 0 Å². The van der Waals surface area contributed by atoms with Gasteiger partial charge in [-0.05, 0) is 23.6 Å². The second-order valence-corrected chi connectivity index (χ2v) is 6.01. The van der Waals surface area contributed by atoms with Gasteiger partial charge >= 0.3 is 0 Å². The number of nitrogens with zero attached hydrogens (tertiary/aromatic N) is 1. The van der Waals surface area contributed by atoms with Crippen molar-refractivity contribution in [2.75, 3.05) is 6.54 Å². The number of carbonyl (C=O) groups is 1. The van der Waals surface area contributed by atoms with E-state index in [0.717, 1.165) is 5.56 Å². The molecule has 0 saturated carbocycles. The van der Waals surface area contributed by atoms with E-state index in [-0.39, 0.29) is 18.9 Å². The first-order valence-corrected chi connectivity index (χ1v) is 7.40. The van der Waals surface area contributed by atoms with Crippen LogP contribution in [0.1, 0.15) is 27.5 Å². The molecule has 2 heterocycles. The fraction of sp³-hybridized carbons (Fsp3) is 0.278. The van der Waals surface area contributed by atoms with Crippen LogP contribution in [0.5, 0.6) is 0 Å². The number of rotatable bonds is 2. The number of fused-ring (bicyclic) bond motifs is 3. The number of amides is 1. The Hall–Kier alpha value is -2.23. The van der Waals surface area contributed by atoms with Gasteiger partial charge in [0.05, 0.1) is 0 Å². The van der Waals surface area contributed by atoms with Gasteiger partial charge in [0.2, 0.25) is 0 Å². The van der Waals surface area contributed by atoms with E-state index in [0.29, 0.717) is 11.1 Å². The molecule has 1 amide bonds. The molecule has 2 nitrogen and oxygen atoms in total. The number of halogens is 2. The summed E-state index contributed by atoms with van der Waals surface area (Å²) in [5.41, 5.74) is 1.77. The molecule has 1 fully saturated rings. The summed E-state index contributed by atoms with van der Waals surface area (Å²) in [7, 11) is 0. The Kier molecular flexibility index (Phi) is 2.83. The minimum absolute atomic E-state index is 0.111. The third kappa shape index (κ3) is 1.79. The van der Waals surface area contributed by atoms with Crippen molar-refractivity contribution in [3.8, 4) is 0 Å². The number of carbonyl (C=O) groups excluding carboxylic acids is 1. The molecule has 2 aromatic rings. The van der Waals surface area contributed by atoms with Crippen molar-refractivity contribution in [3.05, 3.63) is 71.3 Å². The average molecular weight is 299 g/mol. The van der Waals surface area contributed by atoms with Crippen LogP contribution in [0.4, 0.5) is 8.78 Å². The summed E-state index contributed by atoms with van der Waals surface area (Å²) < 4.78 is 29.8. The summed E-state index contributed by atoms with van der Waals surface area (Å²) in [5, 5.41) is 0. The maximum Gasteiger partial charge on any atom is 0.277 e. The highest BCUT2D eigenvalue weighted by Gasteiger charge is 2.61. The zero-order valence-electron chi connectivity index (χ0n) is 11.9. The highest BCUT2D eigenvalue weighted by molar-refractivity contribution is 5.99. The summed E-state index contributed by atoms with van der Waals surface area (Å²) in [6.45, 7) is 0.111. The predicted octanol–water partition coefficient (Wildman–Crippen LogP) is 3.69. The Bertz CT molecular complexity index is 729. The number of alkyl halides is 2. The van der Waals surface area contributed by atoms with E-state index in [4.69, 9.17) is 0 Å². The summed E-state index contributed by atoms with van der Waals surface area (Å²) >= 11 is 0. The van der Waals surface area contributed by atoms with Crippen LogP contribution in [0, 0.1) is 5.92 Å². The fourth-order valence-corrected chi connectivity index (χ4v) is 3.66. The number of hydrogen-bond acceptors (Lipinski definition) is 1. The highest BCUT2D eigenvalue weighted by atomic mass is 19.3. The molecule has 0 unspecified atom stereocenters. The van der Waals surface area contributed by atoms with Gasteiger partial charge in [-0.15, -0.1) is 0 Å². The lowest BCUT2D eigenvalue weighted by Gasteiger charge is -2.23. The topological polar surface area (TPSA) is 20.3 Å². The minimum Gasteiger partial charge on any atom is -0.325 e. The van der Waals surface area contributed by atoms with Crippen LogP contribution < -0.4 is 0 Å². The van der Waals surface area contributed by atoms with E-state index in [1.807, 2.05) is 30.3 Å². The zero-order valence-corrected chi connectivity index (χ0v) is 11.9. The second-order valence-electron chi connectivity index (χ2n) is 6.01. The molecule has 1 saturated heterocycles. The van der Waals surface area contributed by atoms with E-state index < -0.39 is 17.9 Å². The normalized spacial score (nSPS) is 25.2. The monoisotopic (exact) mass is 299 g/mol. The van der Waals surface area contributed by atoms with Crippen molar-refractivity contribution in [1.82, 2.24) is 4.90 Å². The Labute approximate surface area is 127 Å². The van der Waals surface area contributed by atoms with Gasteiger partial charge in [-0.25, -0.2) is 8.78 Å². The standard InChI is InChI=1S/C18H15F2NO/c19-18(20)13(10-12-6-2-1-3-7-12)11-21-16(18)14-8-4-5-9-15(14)17(21)22/h1-9,13,16H,10-11H2/t13-,16-/m1/s1. The van der Waals surface area contributed by atoms with Crippen LogP contribution in [-0.2, 0) is 6.42 Å². The Morgan fingerprint density at radius 3 is 2.50 bits per heavy atom. The van der Waals surface area contributed by atoms with Crippen LogP contribution in [-0.4, -0.2) is 23.3 Å². The second kappa shape index (κ2) is 4.63. The smallest absolute Gasteiger partial charge is 0.277 e. The van der Waals surface area contributed by atoms with Crippen LogP contribution >= 0.6 is 0 Å². The van der Waals surface area contributed by atoms with Crippen molar-refractivity contribution in [1.29, 1.82) is 0 Å². The SMILES string of the molecule is O=C1c2ccccc2[C@H]2N1C[C@@H](Cc1ccccc1)C2(F)F. The molecule has 0 N–H and O–H groups in total. The molecule has 2 atom stereocenters. The average Bonchev–Trinajstić information content (AvgIpc) is 2.95. The molecule has 2 aliphatic heterocycles. The van der Waals surface area contributed by atoms with Crippen LogP contribution in [0.2, 0.25) is 0 Å². The van der Waals surface area contributed by atoms with E-state index in [1.165, 1.54) is 4.90 Å². The molecule has 0 spiro atoms. The van der Waals surface area contributed by atoms with E-state index in [2.05, 4.69) is 0 Å². The molecule has 0 bridgehead atoms. The number of hydrogen-bond donors (Lipinski definition) is 0. The summed E-state index contributed by atoms with van der Waals surface area (Å²) in [6.07, 6.45) is 0.288. The first kappa shape index (κ1) is 13.4. The first-order valence-electron chi connectivity index (χ1n) is 7.40. The zero-order chi connectivity index (χ0) is 15.3. The fourth-order valence-electron chi connectivity index (χ4n) is 3.66. The van der Waals surface area contributed by atoms with Gasteiger partial charge in [0, 0.05) is 18.0 Å². The predicted molar refractivity (Wildman–Crippen MR) is 78.8 cm³/mol.